The molecule has 2 aromatic carbocycles. The van der Waals surface area contributed by atoms with Crippen molar-refractivity contribution in [3.05, 3.63) is 100 Å². The van der Waals surface area contributed by atoms with Crippen molar-refractivity contribution in [2.45, 2.75) is 143 Å². The Morgan fingerprint density at radius 3 is 1.95 bits per heavy atom. The molecule has 1 saturated carbocycles. The zero-order valence-corrected chi connectivity index (χ0v) is 37.4. The average Bonchev–Trinajstić information content (AvgIpc) is 3.25. The number of aliphatic hydroxyl groups is 2. The van der Waals surface area contributed by atoms with Gasteiger partial charge in [0.1, 0.15) is 11.6 Å². The Morgan fingerprint density at radius 1 is 0.817 bits per heavy atom. The molecule has 330 valence electrons. The van der Waals surface area contributed by atoms with E-state index >= 15 is 4.39 Å². The molecule has 4 rings (SSSR count). The summed E-state index contributed by atoms with van der Waals surface area (Å²) in [6, 6.07) is 10.6. The van der Waals surface area contributed by atoms with Crippen molar-refractivity contribution in [2.75, 3.05) is 33.0 Å². The summed E-state index contributed by atoms with van der Waals surface area (Å²) in [5.41, 5.74) is 7.21. The number of aryl methyl sites for hydroxylation is 3. The van der Waals surface area contributed by atoms with Gasteiger partial charge in [-0.15, -0.1) is 0 Å². The Labute approximate surface area is 360 Å². The first-order valence-corrected chi connectivity index (χ1v) is 22.7. The van der Waals surface area contributed by atoms with Gasteiger partial charge in [-0.3, -0.25) is 0 Å². The molecule has 8 heteroatoms. The highest BCUT2D eigenvalue weighted by atomic mass is 19.1. The topological polar surface area (TPSA) is 102 Å². The number of allylic oxidation sites excluding steroid dienone is 4. The molecule has 60 heavy (non-hydrogen) atoms. The number of esters is 2. The molecule has 0 bridgehead atoms. The number of ether oxygens (including phenoxy) is 3. The number of carbonyl (C=O) groups is 2. The first-order chi connectivity index (χ1) is 28.9. The van der Waals surface area contributed by atoms with Crippen LogP contribution in [0.1, 0.15) is 146 Å². The minimum Gasteiger partial charge on any atom is -0.493 e. The van der Waals surface area contributed by atoms with Gasteiger partial charge in [-0.25, -0.2) is 14.0 Å². The van der Waals surface area contributed by atoms with E-state index in [2.05, 4.69) is 63.4 Å². The van der Waals surface area contributed by atoms with Crippen molar-refractivity contribution in [1.29, 1.82) is 0 Å². The largest absolute Gasteiger partial charge is 0.493 e. The van der Waals surface area contributed by atoms with Crippen molar-refractivity contribution in [1.82, 2.24) is 0 Å². The van der Waals surface area contributed by atoms with E-state index in [0.29, 0.717) is 67.8 Å². The summed E-state index contributed by atoms with van der Waals surface area (Å²) in [7, 11) is 0. The third-order valence-corrected chi connectivity index (χ3v) is 12.9. The Kier molecular flexibility index (Phi) is 19.8. The maximum Gasteiger partial charge on any atom is 0.333 e. The fourth-order valence-electron chi connectivity index (χ4n) is 8.68. The zero-order valence-electron chi connectivity index (χ0n) is 37.4. The van der Waals surface area contributed by atoms with Gasteiger partial charge in [-0.05, 0) is 160 Å². The van der Waals surface area contributed by atoms with Crippen molar-refractivity contribution in [2.24, 2.45) is 17.3 Å². The van der Waals surface area contributed by atoms with Gasteiger partial charge in [0.05, 0.1) is 33.0 Å². The molecule has 0 heterocycles. The van der Waals surface area contributed by atoms with Crippen LogP contribution < -0.4 is 4.74 Å². The van der Waals surface area contributed by atoms with E-state index in [1.54, 1.807) is 13.8 Å². The number of benzene rings is 2. The Balaban J connectivity index is 1.63. The quantitative estimate of drug-likeness (QED) is 0.0584. The summed E-state index contributed by atoms with van der Waals surface area (Å²) in [5, 5.41) is 20.3. The van der Waals surface area contributed by atoms with Crippen LogP contribution in [-0.2, 0) is 38.3 Å². The summed E-state index contributed by atoms with van der Waals surface area (Å²) in [4.78, 5) is 24.4. The lowest BCUT2D eigenvalue weighted by atomic mass is 9.74. The molecule has 2 N–H and O–H groups in total. The highest BCUT2D eigenvalue weighted by Crippen LogP contribution is 2.43. The smallest absolute Gasteiger partial charge is 0.333 e. The number of rotatable bonds is 25. The molecule has 2 aromatic rings. The Hall–Kier alpha value is -4.01. The third kappa shape index (κ3) is 13.8. The average molecular weight is 829 g/mol. The molecule has 1 atom stereocenters. The van der Waals surface area contributed by atoms with Gasteiger partial charge in [0.15, 0.2) is 0 Å². The molecule has 0 aromatic heterocycles. The number of halogens is 1. The molecule has 1 unspecified atom stereocenters. The van der Waals surface area contributed by atoms with Gasteiger partial charge in [0, 0.05) is 22.5 Å². The van der Waals surface area contributed by atoms with Crippen LogP contribution in [0.15, 0.2) is 78.2 Å². The highest BCUT2D eigenvalue weighted by Gasteiger charge is 2.29. The summed E-state index contributed by atoms with van der Waals surface area (Å²) < 4.78 is 33.5. The van der Waals surface area contributed by atoms with E-state index in [0.717, 1.165) is 58.6 Å². The van der Waals surface area contributed by atoms with Crippen LogP contribution in [0, 0.1) is 17.3 Å². The summed E-state index contributed by atoms with van der Waals surface area (Å²) in [5.74, 6) is 0.760. The van der Waals surface area contributed by atoms with Crippen LogP contribution >= 0.6 is 0 Å². The minimum atomic E-state index is -0.664. The lowest BCUT2D eigenvalue weighted by Crippen LogP contribution is -2.31. The van der Waals surface area contributed by atoms with E-state index in [1.807, 2.05) is 13.0 Å². The van der Waals surface area contributed by atoms with Crippen LogP contribution in [0.25, 0.3) is 11.1 Å². The highest BCUT2D eigenvalue weighted by molar-refractivity contribution is 5.87. The lowest BCUT2D eigenvalue weighted by molar-refractivity contribution is -0.139. The van der Waals surface area contributed by atoms with Gasteiger partial charge in [-0.1, -0.05) is 83.9 Å². The van der Waals surface area contributed by atoms with E-state index < -0.39 is 17.4 Å². The number of hydrogen-bond acceptors (Lipinski definition) is 7. The Bertz CT molecular complexity index is 1750. The molecule has 0 amide bonds. The summed E-state index contributed by atoms with van der Waals surface area (Å²) in [6.07, 6.45) is 18.8. The standard InChI is InChI=1S/C52H73FO7/c1-8-11-12-15-38-18-20-40(21-19-38)41-22-25-47(48(53)33-41)42-23-24-46(39(9-2)30-42)45-31-43(16-13-27-59-50(56)36(4)5)49(58-29-26-52(10-3,34-54)35-55)44(32-45)17-14-28-60-51(57)37(6)7/h22-24,30-33,38,40,47,54-55H,4,6,8-21,25-29,34-35H2,1-3,5,7H3. The normalized spacial score (nSPS) is 18.0. The van der Waals surface area contributed by atoms with Crippen molar-refractivity contribution in [3.8, 4) is 16.9 Å². The molecule has 0 radical (unpaired) electrons. The first kappa shape index (κ1) is 48.7. The first-order valence-electron chi connectivity index (χ1n) is 22.7. The van der Waals surface area contributed by atoms with Crippen LogP contribution in [-0.4, -0.2) is 55.2 Å². The third-order valence-electron chi connectivity index (χ3n) is 12.9. The maximum absolute atomic E-state index is 16.1. The second kappa shape index (κ2) is 24.4. The summed E-state index contributed by atoms with van der Waals surface area (Å²) >= 11 is 0. The molecular formula is C52H73FO7. The molecule has 2 aliphatic carbocycles. The van der Waals surface area contributed by atoms with Crippen LogP contribution in [0.2, 0.25) is 0 Å². The molecule has 7 nitrogen and oxygen atoms in total. The van der Waals surface area contributed by atoms with Crippen molar-refractivity contribution >= 4 is 11.9 Å². The number of unbranched alkanes of at least 4 members (excludes halogenated alkanes) is 2. The van der Waals surface area contributed by atoms with Gasteiger partial charge in [0.25, 0.3) is 0 Å². The fraction of sp³-hybridized carbons (Fsp3) is 0.577. The molecule has 0 spiro atoms. The Morgan fingerprint density at radius 2 is 1.43 bits per heavy atom. The van der Waals surface area contributed by atoms with E-state index in [-0.39, 0.29) is 44.8 Å². The lowest BCUT2D eigenvalue weighted by Gasteiger charge is -2.31. The second-order valence-electron chi connectivity index (χ2n) is 17.4. The predicted molar refractivity (Wildman–Crippen MR) is 241 cm³/mol. The molecular weight excluding hydrogens is 756 g/mol. The predicted octanol–water partition coefficient (Wildman–Crippen LogP) is 11.8. The van der Waals surface area contributed by atoms with Gasteiger partial charge < -0.3 is 24.4 Å². The van der Waals surface area contributed by atoms with Crippen molar-refractivity contribution < 1.29 is 38.4 Å². The number of hydrogen-bond donors (Lipinski definition) is 2. The SMILES string of the molecule is C=C(C)C(=O)OCCCc1cc(-c2ccc(C3CC=C(C4CCC(CCCCC)CC4)C=C3F)cc2CC)cc(CCCOC(=O)C(=C)C)c1OCCC(CC)(CO)CO. The molecule has 0 saturated heterocycles. The fourth-order valence-corrected chi connectivity index (χ4v) is 8.68. The monoisotopic (exact) mass is 829 g/mol. The summed E-state index contributed by atoms with van der Waals surface area (Å²) in [6.45, 7) is 17.3. The zero-order chi connectivity index (χ0) is 43.7. The molecule has 2 aliphatic rings. The molecule has 0 aliphatic heterocycles. The van der Waals surface area contributed by atoms with E-state index in [9.17, 15) is 19.8 Å². The minimum absolute atomic E-state index is 0.0485. The van der Waals surface area contributed by atoms with Gasteiger partial charge in [0.2, 0.25) is 0 Å². The van der Waals surface area contributed by atoms with Gasteiger partial charge in [-0.2, -0.15) is 0 Å². The van der Waals surface area contributed by atoms with Gasteiger partial charge >= 0.3 is 11.9 Å². The number of carbonyl (C=O) groups excluding carboxylic acids is 2. The van der Waals surface area contributed by atoms with E-state index in [1.165, 1.54) is 44.1 Å². The van der Waals surface area contributed by atoms with Crippen molar-refractivity contribution in [3.63, 3.8) is 0 Å². The van der Waals surface area contributed by atoms with Crippen LogP contribution in [0.5, 0.6) is 5.75 Å². The second-order valence-corrected chi connectivity index (χ2v) is 17.4. The maximum atomic E-state index is 16.1. The van der Waals surface area contributed by atoms with E-state index in [4.69, 9.17) is 14.2 Å². The van der Waals surface area contributed by atoms with Crippen LogP contribution in [0.4, 0.5) is 4.39 Å². The van der Waals surface area contributed by atoms with Crippen LogP contribution in [0.3, 0.4) is 0 Å². The molecule has 1 fully saturated rings. The number of aliphatic hydroxyl groups excluding tert-OH is 2.